The average Bonchev–Trinajstić information content (AvgIpc) is 3.15. The lowest BCUT2D eigenvalue weighted by atomic mass is 10.1. The molecule has 0 amide bonds. The Bertz CT molecular complexity index is 595. The lowest BCUT2D eigenvalue weighted by molar-refractivity contribution is 0.199. The lowest BCUT2D eigenvalue weighted by Gasteiger charge is -2.02. The first-order chi connectivity index (χ1) is 10.4. The standard InChI is InChI=1S/C16H20N2O3/c1-19-9-7-17-6-4-16-18-11-15(21-16)12-2-3-14-13(10-12)5-8-20-14/h2-3,10-11,17H,4-9H2,1H3. The van der Waals surface area contributed by atoms with Gasteiger partial charge in [0.25, 0.3) is 0 Å². The summed E-state index contributed by atoms with van der Waals surface area (Å²) >= 11 is 0. The van der Waals surface area contributed by atoms with Crippen LogP contribution in [0.2, 0.25) is 0 Å². The molecule has 0 spiro atoms. The van der Waals surface area contributed by atoms with Gasteiger partial charge in [-0.15, -0.1) is 0 Å². The number of nitrogens with zero attached hydrogens (tertiary/aromatic N) is 1. The molecule has 0 fully saturated rings. The summed E-state index contributed by atoms with van der Waals surface area (Å²) in [5.41, 5.74) is 2.30. The van der Waals surface area contributed by atoms with Crippen LogP contribution in [0.5, 0.6) is 5.75 Å². The Morgan fingerprint density at radius 1 is 1.33 bits per heavy atom. The summed E-state index contributed by atoms with van der Waals surface area (Å²) in [5, 5.41) is 3.28. The van der Waals surface area contributed by atoms with Crippen LogP contribution in [-0.4, -0.2) is 38.4 Å². The Morgan fingerprint density at radius 2 is 2.29 bits per heavy atom. The van der Waals surface area contributed by atoms with Gasteiger partial charge >= 0.3 is 0 Å². The van der Waals surface area contributed by atoms with Crippen LogP contribution in [0.3, 0.4) is 0 Å². The second kappa shape index (κ2) is 6.74. The van der Waals surface area contributed by atoms with Gasteiger partial charge in [-0.25, -0.2) is 4.98 Å². The van der Waals surface area contributed by atoms with Crippen molar-refractivity contribution in [3.05, 3.63) is 35.9 Å². The van der Waals surface area contributed by atoms with Gasteiger partial charge in [-0.05, 0) is 23.8 Å². The maximum absolute atomic E-state index is 5.81. The summed E-state index contributed by atoms with van der Waals surface area (Å²) in [7, 11) is 1.70. The third kappa shape index (κ3) is 3.43. The van der Waals surface area contributed by atoms with Crippen molar-refractivity contribution in [2.75, 3.05) is 33.4 Å². The van der Waals surface area contributed by atoms with E-state index < -0.39 is 0 Å². The van der Waals surface area contributed by atoms with E-state index in [1.165, 1.54) is 5.56 Å². The molecule has 0 aliphatic carbocycles. The van der Waals surface area contributed by atoms with Gasteiger partial charge in [-0.1, -0.05) is 0 Å². The number of nitrogens with one attached hydrogen (secondary N) is 1. The first-order valence-electron chi connectivity index (χ1n) is 7.27. The highest BCUT2D eigenvalue weighted by molar-refractivity contribution is 5.60. The molecule has 1 aromatic carbocycles. The van der Waals surface area contributed by atoms with Crippen molar-refractivity contribution >= 4 is 0 Å². The zero-order chi connectivity index (χ0) is 14.5. The van der Waals surface area contributed by atoms with E-state index in [-0.39, 0.29) is 0 Å². The predicted molar refractivity (Wildman–Crippen MR) is 79.6 cm³/mol. The molecule has 0 bridgehead atoms. The quantitative estimate of drug-likeness (QED) is 0.790. The molecule has 2 heterocycles. The molecule has 5 heteroatoms. The number of ether oxygens (including phenoxy) is 2. The minimum absolute atomic E-state index is 0.716. The summed E-state index contributed by atoms with van der Waals surface area (Å²) in [6, 6.07) is 6.15. The number of rotatable bonds is 7. The minimum Gasteiger partial charge on any atom is -0.493 e. The number of methoxy groups -OCH3 is 1. The lowest BCUT2D eigenvalue weighted by Crippen LogP contribution is -2.21. The van der Waals surface area contributed by atoms with Crippen LogP contribution in [0.25, 0.3) is 11.3 Å². The molecule has 112 valence electrons. The molecule has 0 saturated carbocycles. The van der Waals surface area contributed by atoms with E-state index in [0.29, 0.717) is 6.61 Å². The fraction of sp³-hybridized carbons (Fsp3) is 0.438. The third-order valence-corrected chi connectivity index (χ3v) is 3.53. The highest BCUT2D eigenvalue weighted by atomic mass is 16.5. The largest absolute Gasteiger partial charge is 0.493 e. The van der Waals surface area contributed by atoms with Crippen LogP contribution in [0.4, 0.5) is 0 Å². The first-order valence-corrected chi connectivity index (χ1v) is 7.27. The van der Waals surface area contributed by atoms with Crippen LogP contribution in [0.15, 0.2) is 28.8 Å². The van der Waals surface area contributed by atoms with E-state index in [4.69, 9.17) is 13.9 Å². The Labute approximate surface area is 124 Å². The van der Waals surface area contributed by atoms with Crippen molar-refractivity contribution in [2.45, 2.75) is 12.8 Å². The maximum Gasteiger partial charge on any atom is 0.196 e. The molecule has 0 unspecified atom stereocenters. The number of oxazole rings is 1. The summed E-state index contributed by atoms with van der Waals surface area (Å²) in [6.45, 7) is 3.16. The molecule has 2 aromatic rings. The molecule has 3 rings (SSSR count). The minimum atomic E-state index is 0.716. The van der Waals surface area contributed by atoms with E-state index >= 15 is 0 Å². The van der Waals surface area contributed by atoms with Crippen molar-refractivity contribution in [3.8, 4) is 17.1 Å². The van der Waals surface area contributed by atoms with E-state index in [1.54, 1.807) is 13.3 Å². The summed E-state index contributed by atoms with van der Waals surface area (Å²) in [6.07, 6.45) is 3.54. The smallest absolute Gasteiger partial charge is 0.196 e. The molecule has 1 aliphatic rings. The van der Waals surface area contributed by atoms with Crippen molar-refractivity contribution in [2.24, 2.45) is 0 Å². The van der Waals surface area contributed by atoms with Gasteiger partial charge in [0.15, 0.2) is 11.7 Å². The average molecular weight is 288 g/mol. The fourth-order valence-corrected chi connectivity index (χ4v) is 2.39. The van der Waals surface area contributed by atoms with E-state index in [1.807, 2.05) is 12.1 Å². The van der Waals surface area contributed by atoms with Crippen LogP contribution in [-0.2, 0) is 17.6 Å². The van der Waals surface area contributed by atoms with Crippen molar-refractivity contribution in [1.29, 1.82) is 0 Å². The predicted octanol–water partition coefficient (Wildman–Crippen LogP) is 2.05. The van der Waals surface area contributed by atoms with Gasteiger partial charge in [-0.3, -0.25) is 0 Å². The second-order valence-electron chi connectivity index (χ2n) is 5.03. The van der Waals surface area contributed by atoms with Crippen LogP contribution >= 0.6 is 0 Å². The third-order valence-electron chi connectivity index (χ3n) is 3.53. The fourth-order valence-electron chi connectivity index (χ4n) is 2.39. The van der Waals surface area contributed by atoms with Crippen molar-refractivity contribution < 1.29 is 13.9 Å². The number of hydrogen-bond acceptors (Lipinski definition) is 5. The molecule has 5 nitrogen and oxygen atoms in total. The molecule has 0 radical (unpaired) electrons. The van der Waals surface area contributed by atoms with Crippen molar-refractivity contribution in [3.63, 3.8) is 0 Å². The van der Waals surface area contributed by atoms with Gasteiger partial charge in [-0.2, -0.15) is 0 Å². The topological polar surface area (TPSA) is 56.5 Å². The number of fused-ring (bicyclic) bond motifs is 1. The van der Waals surface area contributed by atoms with Gasteiger partial charge in [0.05, 0.1) is 19.4 Å². The van der Waals surface area contributed by atoms with Gasteiger partial charge in [0.2, 0.25) is 0 Å². The molecular weight excluding hydrogens is 268 g/mol. The molecular formula is C16H20N2O3. The normalized spacial score (nSPS) is 13.2. The van der Waals surface area contributed by atoms with Crippen LogP contribution < -0.4 is 10.1 Å². The molecule has 0 saturated heterocycles. The Hall–Kier alpha value is -1.85. The van der Waals surface area contributed by atoms with E-state index in [9.17, 15) is 0 Å². The Morgan fingerprint density at radius 3 is 3.19 bits per heavy atom. The van der Waals surface area contributed by atoms with E-state index in [2.05, 4.69) is 16.4 Å². The maximum atomic E-state index is 5.81. The summed E-state index contributed by atoms with van der Waals surface area (Å²) in [5.74, 6) is 2.56. The molecule has 1 aromatic heterocycles. The highest BCUT2D eigenvalue weighted by Gasteiger charge is 2.14. The van der Waals surface area contributed by atoms with Crippen molar-refractivity contribution in [1.82, 2.24) is 10.3 Å². The molecule has 1 N–H and O–H groups in total. The number of aromatic nitrogens is 1. The Balaban J connectivity index is 1.59. The number of hydrogen-bond donors (Lipinski definition) is 1. The first kappa shape index (κ1) is 14.1. The Kier molecular flexibility index (Phi) is 4.52. The number of benzene rings is 1. The second-order valence-corrected chi connectivity index (χ2v) is 5.03. The van der Waals surface area contributed by atoms with Gasteiger partial charge < -0.3 is 19.2 Å². The van der Waals surface area contributed by atoms with Gasteiger partial charge in [0.1, 0.15) is 5.75 Å². The van der Waals surface area contributed by atoms with Crippen LogP contribution in [0.1, 0.15) is 11.5 Å². The summed E-state index contributed by atoms with van der Waals surface area (Å²) in [4.78, 5) is 4.33. The van der Waals surface area contributed by atoms with E-state index in [0.717, 1.165) is 55.5 Å². The molecule has 0 atom stereocenters. The zero-order valence-corrected chi connectivity index (χ0v) is 12.2. The van der Waals surface area contributed by atoms with Gasteiger partial charge in [0, 0.05) is 38.6 Å². The molecule has 21 heavy (non-hydrogen) atoms. The summed E-state index contributed by atoms with van der Waals surface area (Å²) < 4.78 is 16.3. The van der Waals surface area contributed by atoms with Crippen LogP contribution in [0, 0.1) is 0 Å². The monoisotopic (exact) mass is 288 g/mol. The SMILES string of the molecule is COCCNCCc1ncc(-c2ccc3c(c2)CCO3)o1. The zero-order valence-electron chi connectivity index (χ0n) is 12.2. The highest BCUT2D eigenvalue weighted by Crippen LogP contribution is 2.30. The molecule has 1 aliphatic heterocycles.